The van der Waals surface area contributed by atoms with Crippen LogP contribution in [-0.4, -0.2) is 15.0 Å². The van der Waals surface area contributed by atoms with Gasteiger partial charge in [-0.15, -0.1) is 0 Å². The quantitative estimate of drug-likeness (QED) is 0.187. The molecule has 0 unspecified atom stereocenters. The van der Waals surface area contributed by atoms with E-state index in [1.807, 2.05) is 72.8 Å². The third-order valence-corrected chi connectivity index (χ3v) is 10.1. The molecule has 0 aliphatic heterocycles. The lowest BCUT2D eigenvalue weighted by Crippen LogP contribution is -2.00. The van der Waals surface area contributed by atoms with Crippen LogP contribution in [0.5, 0.6) is 0 Å². The van der Waals surface area contributed by atoms with Gasteiger partial charge < -0.3 is 8.83 Å². The highest BCUT2D eigenvalue weighted by atomic mass is 16.3. The van der Waals surface area contributed by atoms with Gasteiger partial charge in [-0.3, -0.25) is 0 Å². The Morgan fingerprint density at radius 2 is 0.865 bits per heavy atom. The molecule has 0 spiro atoms. The van der Waals surface area contributed by atoms with E-state index in [1.54, 1.807) is 0 Å². The van der Waals surface area contributed by atoms with E-state index in [0.717, 1.165) is 76.9 Å². The van der Waals surface area contributed by atoms with E-state index in [2.05, 4.69) is 91.0 Å². The highest BCUT2D eigenvalue weighted by Gasteiger charge is 2.18. The van der Waals surface area contributed by atoms with Gasteiger partial charge in [-0.1, -0.05) is 109 Å². The topological polar surface area (TPSA) is 65.0 Å². The molecule has 5 nitrogen and oxygen atoms in total. The van der Waals surface area contributed by atoms with Crippen molar-refractivity contribution in [1.29, 1.82) is 0 Å². The summed E-state index contributed by atoms with van der Waals surface area (Å²) in [5, 5.41) is 8.81. The van der Waals surface area contributed by atoms with Crippen LogP contribution in [-0.2, 0) is 0 Å². The normalized spacial score (nSPS) is 11.8. The van der Waals surface area contributed by atoms with Crippen LogP contribution in [0.15, 0.2) is 173 Å². The van der Waals surface area contributed by atoms with Crippen molar-refractivity contribution in [1.82, 2.24) is 15.0 Å². The Hall–Kier alpha value is -7.11. The SMILES string of the molecule is c1ccc(-c2nc(-c3ccc4oc5ccccc5c4c3)nc(-c3ccc4oc5c6ccccc6c(-c6ccc7ccccc7c6)cc5c4c3)n2)cc1. The molecule has 0 bridgehead atoms. The summed E-state index contributed by atoms with van der Waals surface area (Å²) < 4.78 is 12.7. The Kier molecular flexibility index (Phi) is 6.18. The Bertz CT molecular complexity index is 3190. The maximum Gasteiger partial charge on any atom is 0.164 e. The summed E-state index contributed by atoms with van der Waals surface area (Å²) in [5.74, 6) is 1.80. The molecular weight excluding hydrogens is 639 g/mol. The Labute approximate surface area is 297 Å². The van der Waals surface area contributed by atoms with Crippen molar-refractivity contribution in [2.45, 2.75) is 0 Å². The zero-order valence-electron chi connectivity index (χ0n) is 27.7. The second-order valence-electron chi connectivity index (χ2n) is 13.2. The molecule has 0 saturated carbocycles. The predicted molar refractivity (Wildman–Crippen MR) is 211 cm³/mol. The smallest absolute Gasteiger partial charge is 0.164 e. The molecule has 0 aliphatic carbocycles. The number of para-hydroxylation sites is 1. The summed E-state index contributed by atoms with van der Waals surface area (Å²) in [6, 6.07) is 56.5. The Balaban J connectivity index is 1.12. The van der Waals surface area contributed by atoms with Crippen molar-refractivity contribution < 1.29 is 8.83 Å². The zero-order chi connectivity index (χ0) is 34.2. The van der Waals surface area contributed by atoms with Gasteiger partial charge in [-0.2, -0.15) is 0 Å². The second-order valence-corrected chi connectivity index (χ2v) is 13.2. The number of fused-ring (bicyclic) bond motifs is 9. The van der Waals surface area contributed by atoms with Crippen LogP contribution >= 0.6 is 0 Å². The van der Waals surface area contributed by atoms with E-state index in [9.17, 15) is 0 Å². The summed E-state index contributed by atoms with van der Waals surface area (Å²) in [5.41, 5.74) is 8.39. The number of benzene rings is 8. The van der Waals surface area contributed by atoms with E-state index < -0.39 is 0 Å². The number of rotatable bonds is 4. The molecule has 0 amide bonds. The minimum atomic E-state index is 0.591. The van der Waals surface area contributed by atoms with Gasteiger partial charge >= 0.3 is 0 Å². The summed E-state index contributed by atoms with van der Waals surface area (Å²) in [7, 11) is 0. The van der Waals surface area contributed by atoms with Gasteiger partial charge in [0.1, 0.15) is 22.3 Å². The van der Waals surface area contributed by atoms with Crippen molar-refractivity contribution in [2.75, 3.05) is 0 Å². The highest BCUT2D eigenvalue weighted by molar-refractivity contribution is 6.19. The average molecular weight is 666 g/mol. The average Bonchev–Trinajstić information content (AvgIpc) is 3.78. The van der Waals surface area contributed by atoms with Crippen LogP contribution < -0.4 is 0 Å². The second kappa shape index (κ2) is 11.2. The van der Waals surface area contributed by atoms with Crippen molar-refractivity contribution in [3.8, 4) is 45.3 Å². The molecule has 52 heavy (non-hydrogen) atoms. The van der Waals surface area contributed by atoms with Gasteiger partial charge in [0.15, 0.2) is 17.5 Å². The molecule has 0 atom stereocenters. The fourth-order valence-electron chi connectivity index (χ4n) is 7.55. The Morgan fingerprint density at radius 3 is 1.63 bits per heavy atom. The maximum atomic E-state index is 6.61. The fourth-order valence-corrected chi connectivity index (χ4v) is 7.55. The van der Waals surface area contributed by atoms with Gasteiger partial charge in [0.05, 0.1) is 0 Å². The third-order valence-electron chi connectivity index (χ3n) is 10.1. The lowest BCUT2D eigenvalue weighted by atomic mass is 9.94. The molecule has 242 valence electrons. The maximum absolute atomic E-state index is 6.61. The van der Waals surface area contributed by atoms with Gasteiger partial charge in [0.2, 0.25) is 0 Å². The predicted octanol–water partition coefficient (Wildman–Crippen LogP) is 12.6. The van der Waals surface area contributed by atoms with Gasteiger partial charge in [0.25, 0.3) is 0 Å². The minimum absolute atomic E-state index is 0.591. The Morgan fingerprint density at radius 1 is 0.308 bits per heavy atom. The van der Waals surface area contributed by atoms with E-state index in [1.165, 1.54) is 16.3 Å². The highest BCUT2D eigenvalue weighted by Crippen LogP contribution is 2.41. The number of hydrogen-bond acceptors (Lipinski definition) is 5. The van der Waals surface area contributed by atoms with Crippen LogP contribution in [0.3, 0.4) is 0 Å². The van der Waals surface area contributed by atoms with E-state index in [-0.39, 0.29) is 0 Å². The third kappa shape index (κ3) is 4.53. The van der Waals surface area contributed by atoms with Crippen LogP contribution in [0, 0.1) is 0 Å². The zero-order valence-corrected chi connectivity index (χ0v) is 27.7. The van der Waals surface area contributed by atoms with Crippen LogP contribution in [0.25, 0.3) is 111 Å². The molecule has 8 aromatic carbocycles. The molecule has 11 aromatic rings. The number of aromatic nitrogens is 3. The summed E-state index contributed by atoms with van der Waals surface area (Å²) in [6.45, 7) is 0. The molecule has 11 rings (SSSR count). The first kappa shape index (κ1) is 28.7. The van der Waals surface area contributed by atoms with E-state index >= 15 is 0 Å². The summed E-state index contributed by atoms with van der Waals surface area (Å²) >= 11 is 0. The molecule has 0 saturated heterocycles. The van der Waals surface area contributed by atoms with Crippen LogP contribution in [0.1, 0.15) is 0 Å². The van der Waals surface area contributed by atoms with Crippen LogP contribution in [0.2, 0.25) is 0 Å². The molecule has 3 heterocycles. The summed E-state index contributed by atoms with van der Waals surface area (Å²) in [6.07, 6.45) is 0. The first-order valence-electron chi connectivity index (χ1n) is 17.3. The van der Waals surface area contributed by atoms with Crippen molar-refractivity contribution >= 4 is 65.4 Å². The van der Waals surface area contributed by atoms with Crippen molar-refractivity contribution in [3.05, 3.63) is 164 Å². The first-order chi connectivity index (χ1) is 25.7. The lowest BCUT2D eigenvalue weighted by Gasteiger charge is -2.10. The standard InChI is InChI=1S/C47H27N3O2/c1-2-11-29(12-3-1)45-48-46(32-20-22-42-38(25-32)35-15-8-9-17-41(35)51-42)50-47(49-45)33-21-23-43-39(26-33)40-27-37(34-14-6-7-16-36(34)44(40)52-43)31-19-18-28-10-4-5-13-30(28)24-31/h1-27H. The van der Waals surface area contributed by atoms with Gasteiger partial charge in [-0.05, 0) is 81.9 Å². The lowest BCUT2D eigenvalue weighted by molar-refractivity contribution is 0.669. The first-order valence-corrected chi connectivity index (χ1v) is 17.3. The van der Waals surface area contributed by atoms with E-state index in [4.69, 9.17) is 23.8 Å². The number of hydrogen-bond donors (Lipinski definition) is 0. The number of nitrogens with zero attached hydrogens (tertiary/aromatic N) is 3. The monoisotopic (exact) mass is 665 g/mol. The molecule has 0 fully saturated rings. The van der Waals surface area contributed by atoms with Crippen LogP contribution in [0.4, 0.5) is 0 Å². The largest absolute Gasteiger partial charge is 0.456 e. The molecule has 0 aliphatic rings. The van der Waals surface area contributed by atoms with Gasteiger partial charge in [-0.25, -0.2) is 15.0 Å². The fraction of sp³-hybridized carbons (Fsp3) is 0. The minimum Gasteiger partial charge on any atom is -0.456 e. The van der Waals surface area contributed by atoms with Gasteiger partial charge in [0, 0.05) is 43.6 Å². The molecule has 0 N–H and O–H groups in total. The molecular formula is C47H27N3O2. The van der Waals surface area contributed by atoms with Crippen molar-refractivity contribution in [3.63, 3.8) is 0 Å². The molecule has 3 aromatic heterocycles. The summed E-state index contributed by atoms with van der Waals surface area (Å²) in [4.78, 5) is 15.2. The molecule has 5 heteroatoms. The van der Waals surface area contributed by atoms with Crippen molar-refractivity contribution in [2.24, 2.45) is 0 Å². The van der Waals surface area contributed by atoms with E-state index in [0.29, 0.717) is 17.5 Å². The molecule has 0 radical (unpaired) electrons. The number of furan rings is 2.